The number of nitrogens with one attached hydrogen (secondary N) is 2. The van der Waals surface area contributed by atoms with Gasteiger partial charge in [-0.2, -0.15) is 0 Å². The van der Waals surface area contributed by atoms with Crippen LogP contribution in [0.3, 0.4) is 0 Å². The molecule has 0 unspecified atom stereocenters. The molecule has 1 fully saturated rings. The number of hydrogen-bond donors (Lipinski definition) is 2. The largest absolute Gasteiger partial charge is 0.378 e. The maximum atomic E-state index is 5.55. The van der Waals surface area contributed by atoms with Crippen LogP contribution in [0.25, 0.3) is 11.0 Å². The second-order valence-corrected chi connectivity index (χ2v) is 6.25. The van der Waals surface area contributed by atoms with E-state index in [-0.39, 0.29) is 5.54 Å². The van der Waals surface area contributed by atoms with Gasteiger partial charge in [-0.15, -0.1) is 0 Å². The van der Waals surface area contributed by atoms with Gasteiger partial charge in [-0.1, -0.05) is 0 Å². The molecule has 2 aromatic heterocycles. The van der Waals surface area contributed by atoms with E-state index in [1.165, 1.54) is 0 Å². The first-order chi connectivity index (χ1) is 10.1. The number of aromatic amines is 1. The van der Waals surface area contributed by atoms with Crippen molar-refractivity contribution in [1.29, 1.82) is 0 Å². The molecule has 1 saturated heterocycles. The Bertz CT molecular complexity index is 593. The van der Waals surface area contributed by atoms with Gasteiger partial charge in [0.2, 0.25) is 0 Å². The minimum Gasteiger partial charge on any atom is -0.378 e. The maximum Gasteiger partial charge on any atom is 0.137 e. The highest BCUT2D eigenvalue weighted by Crippen LogP contribution is 2.17. The molecule has 0 atom stereocenters. The first-order valence-electron chi connectivity index (χ1n) is 7.62. The summed E-state index contributed by atoms with van der Waals surface area (Å²) in [6.07, 6.45) is 1.93. The molecular weight excluding hydrogens is 264 g/mol. The van der Waals surface area contributed by atoms with E-state index in [1.54, 1.807) is 0 Å². The Labute approximate surface area is 125 Å². The summed E-state index contributed by atoms with van der Waals surface area (Å²) >= 11 is 0. The average molecular weight is 288 g/mol. The smallest absolute Gasteiger partial charge is 0.137 e. The lowest BCUT2D eigenvalue weighted by atomic mass is 10.0. The summed E-state index contributed by atoms with van der Waals surface area (Å²) in [5.41, 5.74) is 2.18. The zero-order valence-corrected chi connectivity index (χ0v) is 12.9. The van der Waals surface area contributed by atoms with Gasteiger partial charge < -0.3 is 15.0 Å². The molecule has 0 bridgehead atoms. The van der Waals surface area contributed by atoms with Crippen molar-refractivity contribution in [3.63, 3.8) is 0 Å². The third-order valence-electron chi connectivity index (χ3n) is 4.15. The molecule has 0 radical (unpaired) electrons. The molecule has 0 aliphatic carbocycles. The third-order valence-corrected chi connectivity index (χ3v) is 4.15. The quantitative estimate of drug-likeness (QED) is 0.823. The molecule has 0 aromatic carbocycles. The molecule has 2 N–H and O–H groups in total. The summed E-state index contributed by atoms with van der Waals surface area (Å²) in [5.74, 6) is 0. The standard InChI is InChI=1S/C16H24N4O/c1-16(2)12-21-10-9-20(16)8-7-17-11-14-4-3-13-5-6-18-15(13)19-14/h3-6,17H,7-12H2,1-2H3,(H,18,19). The van der Waals surface area contributed by atoms with Crippen LogP contribution in [0.2, 0.25) is 0 Å². The molecule has 21 heavy (non-hydrogen) atoms. The van der Waals surface area contributed by atoms with Crippen LogP contribution >= 0.6 is 0 Å². The Morgan fingerprint density at radius 3 is 3.14 bits per heavy atom. The summed E-state index contributed by atoms with van der Waals surface area (Å²) in [5, 5.41) is 4.65. The van der Waals surface area contributed by atoms with Crippen LogP contribution in [0.1, 0.15) is 19.5 Å². The molecule has 114 valence electrons. The number of morpholine rings is 1. The van der Waals surface area contributed by atoms with Crippen molar-refractivity contribution < 1.29 is 4.74 Å². The maximum absolute atomic E-state index is 5.55. The molecular formula is C16H24N4O. The molecule has 3 rings (SSSR count). The Balaban J connectivity index is 1.47. The number of nitrogens with zero attached hydrogens (tertiary/aromatic N) is 2. The highest BCUT2D eigenvalue weighted by molar-refractivity contribution is 5.75. The molecule has 3 heterocycles. The number of fused-ring (bicyclic) bond motifs is 1. The number of aromatic nitrogens is 2. The van der Waals surface area contributed by atoms with Crippen molar-refractivity contribution in [2.24, 2.45) is 0 Å². The lowest BCUT2D eigenvalue weighted by Crippen LogP contribution is -2.54. The van der Waals surface area contributed by atoms with E-state index in [4.69, 9.17) is 4.74 Å². The molecule has 5 heteroatoms. The molecule has 2 aromatic rings. The summed E-state index contributed by atoms with van der Waals surface area (Å²) in [6, 6.07) is 6.24. The van der Waals surface area contributed by atoms with Crippen molar-refractivity contribution in [3.05, 3.63) is 30.1 Å². The molecule has 0 saturated carbocycles. The van der Waals surface area contributed by atoms with Crippen LogP contribution in [0, 0.1) is 0 Å². The average Bonchev–Trinajstić information content (AvgIpc) is 2.92. The topological polar surface area (TPSA) is 53.2 Å². The van der Waals surface area contributed by atoms with Crippen LogP contribution < -0.4 is 5.32 Å². The fourth-order valence-electron chi connectivity index (χ4n) is 2.80. The Kier molecular flexibility index (Phi) is 4.24. The fourth-order valence-corrected chi connectivity index (χ4v) is 2.80. The lowest BCUT2D eigenvalue weighted by molar-refractivity contribution is -0.0500. The zero-order valence-electron chi connectivity index (χ0n) is 12.9. The van der Waals surface area contributed by atoms with Crippen molar-refractivity contribution >= 4 is 11.0 Å². The number of rotatable bonds is 5. The van der Waals surface area contributed by atoms with Gasteiger partial charge in [0.15, 0.2) is 0 Å². The summed E-state index contributed by atoms with van der Waals surface area (Å²) in [4.78, 5) is 10.2. The fraction of sp³-hybridized carbons (Fsp3) is 0.562. The van der Waals surface area contributed by atoms with Crippen molar-refractivity contribution in [1.82, 2.24) is 20.2 Å². The van der Waals surface area contributed by atoms with E-state index in [0.717, 1.165) is 56.1 Å². The second kappa shape index (κ2) is 6.13. The van der Waals surface area contributed by atoms with Crippen LogP contribution in [0.5, 0.6) is 0 Å². The zero-order chi connectivity index (χ0) is 14.7. The molecule has 1 aliphatic rings. The minimum atomic E-state index is 0.140. The number of ether oxygens (including phenoxy) is 1. The van der Waals surface area contributed by atoms with Crippen LogP contribution in [0.4, 0.5) is 0 Å². The van der Waals surface area contributed by atoms with Gasteiger partial charge in [0.1, 0.15) is 5.65 Å². The first-order valence-corrected chi connectivity index (χ1v) is 7.62. The van der Waals surface area contributed by atoms with E-state index >= 15 is 0 Å². The third kappa shape index (κ3) is 3.43. The van der Waals surface area contributed by atoms with Crippen LogP contribution in [0.15, 0.2) is 24.4 Å². The van der Waals surface area contributed by atoms with Crippen molar-refractivity contribution in [3.8, 4) is 0 Å². The van der Waals surface area contributed by atoms with Crippen LogP contribution in [-0.4, -0.2) is 53.3 Å². The van der Waals surface area contributed by atoms with Gasteiger partial charge in [0.25, 0.3) is 0 Å². The van der Waals surface area contributed by atoms with Gasteiger partial charge in [0.05, 0.1) is 18.9 Å². The van der Waals surface area contributed by atoms with E-state index in [2.05, 4.69) is 46.2 Å². The highest BCUT2D eigenvalue weighted by Gasteiger charge is 2.29. The first kappa shape index (κ1) is 14.5. The molecule has 1 aliphatic heterocycles. The molecule has 0 amide bonds. The molecule has 5 nitrogen and oxygen atoms in total. The monoisotopic (exact) mass is 288 g/mol. The number of hydrogen-bond acceptors (Lipinski definition) is 4. The predicted molar refractivity (Wildman–Crippen MR) is 84.3 cm³/mol. The van der Waals surface area contributed by atoms with Gasteiger partial charge in [-0.3, -0.25) is 4.90 Å². The normalized spacial score (nSPS) is 19.1. The minimum absolute atomic E-state index is 0.140. The van der Waals surface area contributed by atoms with E-state index < -0.39 is 0 Å². The highest BCUT2D eigenvalue weighted by atomic mass is 16.5. The Morgan fingerprint density at radius 1 is 1.38 bits per heavy atom. The van der Waals surface area contributed by atoms with Gasteiger partial charge >= 0.3 is 0 Å². The summed E-state index contributed by atoms with van der Waals surface area (Å²) in [7, 11) is 0. The lowest BCUT2D eigenvalue weighted by Gasteiger charge is -2.42. The van der Waals surface area contributed by atoms with Gasteiger partial charge in [0, 0.05) is 43.3 Å². The van der Waals surface area contributed by atoms with Crippen LogP contribution in [-0.2, 0) is 11.3 Å². The van der Waals surface area contributed by atoms with Gasteiger partial charge in [-0.25, -0.2) is 4.98 Å². The Hall–Kier alpha value is -1.43. The molecule has 0 spiro atoms. The number of pyridine rings is 1. The number of H-pyrrole nitrogens is 1. The van der Waals surface area contributed by atoms with Crippen molar-refractivity contribution in [2.75, 3.05) is 32.8 Å². The summed E-state index contributed by atoms with van der Waals surface area (Å²) < 4.78 is 5.55. The SMILES string of the molecule is CC1(C)COCCN1CCNCc1ccc2cc[nH]c2n1. The van der Waals surface area contributed by atoms with E-state index in [9.17, 15) is 0 Å². The van der Waals surface area contributed by atoms with E-state index in [0.29, 0.717) is 0 Å². The predicted octanol–water partition coefficient (Wildman–Crippen LogP) is 1.76. The summed E-state index contributed by atoms with van der Waals surface area (Å²) in [6.45, 7) is 9.97. The Morgan fingerprint density at radius 2 is 2.29 bits per heavy atom. The van der Waals surface area contributed by atoms with Gasteiger partial charge in [-0.05, 0) is 32.0 Å². The van der Waals surface area contributed by atoms with Crippen molar-refractivity contribution in [2.45, 2.75) is 25.9 Å². The van der Waals surface area contributed by atoms with E-state index in [1.807, 2.05) is 12.3 Å². The second-order valence-electron chi connectivity index (χ2n) is 6.25.